The summed E-state index contributed by atoms with van der Waals surface area (Å²) in [5.41, 5.74) is 3.48. The molecule has 0 spiro atoms. The summed E-state index contributed by atoms with van der Waals surface area (Å²) in [6.45, 7) is 5.23. The zero-order chi connectivity index (χ0) is 19.5. The first kappa shape index (κ1) is 18.4. The fraction of sp³-hybridized carbons (Fsp3) is 0.304. The summed E-state index contributed by atoms with van der Waals surface area (Å²) in [6.07, 6.45) is 0.891. The van der Waals surface area contributed by atoms with Crippen LogP contribution in [-0.2, 0) is 4.74 Å². The van der Waals surface area contributed by atoms with Crippen molar-refractivity contribution in [1.29, 1.82) is 0 Å². The van der Waals surface area contributed by atoms with Crippen LogP contribution in [0.25, 0.3) is 10.9 Å². The average Bonchev–Trinajstić information content (AvgIpc) is 3.20. The summed E-state index contributed by atoms with van der Waals surface area (Å²) in [7, 11) is 0. The van der Waals surface area contributed by atoms with E-state index in [9.17, 15) is 4.79 Å². The monoisotopic (exact) mass is 376 g/mol. The van der Waals surface area contributed by atoms with E-state index in [0.29, 0.717) is 24.7 Å². The summed E-state index contributed by atoms with van der Waals surface area (Å²) in [6, 6.07) is 17.3. The fourth-order valence-corrected chi connectivity index (χ4v) is 3.55. The van der Waals surface area contributed by atoms with Gasteiger partial charge in [0.05, 0.1) is 24.8 Å². The molecule has 0 radical (unpaired) electrons. The smallest absolute Gasteiger partial charge is 0.252 e. The predicted molar refractivity (Wildman–Crippen MR) is 109 cm³/mol. The topological polar surface area (TPSA) is 60.5 Å². The van der Waals surface area contributed by atoms with Gasteiger partial charge in [0.25, 0.3) is 5.91 Å². The largest absolute Gasteiger partial charge is 0.472 e. The summed E-state index contributed by atoms with van der Waals surface area (Å²) in [4.78, 5) is 17.4. The predicted octanol–water partition coefficient (Wildman–Crippen LogP) is 4.20. The van der Waals surface area contributed by atoms with Crippen molar-refractivity contribution in [3.8, 4) is 5.88 Å². The lowest BCUT2D eigenvalue weighted by molar-refractivity contribution is 0.0939. The number of nitrogens with zero attached hydrogens (tertiary/aromatic N) is 1. The van der Waals surface area contributed by atoms with E-state index < -0.39 is 0 Å². The van der Waals surface area contributed by atoms with E-state index in [4.69, 9.17) is 9.47 Å². The molecule has 0 bridgehead atoms. The summed E-state index contributed by atoms with van der Waals surface area (Å²) in [5, 5.41) is 4.13. The Morgan fingerprint density at radius 2 is 2.00 bits per heavy atom. The number of pyridine rings is 1. The number of rotatable bonds is 5. The molecule has 2 atom stereocenters. The fourth-order valence-electron chi connectivity index (χ4n) is 3.55. The molecule has 28 heavy (non-hydrogen) atoms. The number of carbonyl (C=O) groups is 1. The van der Waals surface area contributed by atoms with Crippen LogP contribution in [0, 0.1) is 6.92 Å². The normalized spacial score (nSPS) is 17.4. The second-order valence-electron chi connectivity index (χ2n) is 7.18. The first-order valence-corrected chi connectivity index (χ1v) is 9.62. The highest BCUT2D eigenvalue weighted by Gasteiger charge is 2.21. The van der Waals surface area contributed by atoms with E-state index in [1.54, 1.807) is 0 Å². The minimum atomic E-state index is -0.192. The molecule has 0 aliphatic carbocycles. The average molecular weight is 376 g/mol. The SMILES string of the molecule is Cc1ccccc1C(=O)N[C@H](C)c1cc(OC2CCOC2)nc2ccccc12. The van der Waals surface area contributed by atoms with Gasteiger partial charge in [-0.1, -0.05) is 36.4 Å². The molecule has 3 aromatic rings. The van der Waals surface area contributed by atoms with Crippen LogP contribution >= 0.6 is 0 Å². The van der Waals surface area contributed by atoms with E-state index in [-0.39, 0.29) is 18.1 Å². The highest BCUT2D eigenvalue weighted by Crippen LogP contribution is 2.28. The molecule has 1 saturated heterocycles. The number of aryl methyl sites for hydroxylation is 1. The molecule has 1 aliphatic rings. The van der Waals surface area contributed by atoms with E-state index in [2.05, 4.69) is 10.3 Å². The first-order valence-electron chi connectivity index (χ1n) is 9.62. The van der Waals surface area contributed by atoms with Crippen LogP contribution in [-0.4, -0.2) is 30.2 Å². The lowest BCUT2D eigenvalue weighted by atomic mass is 10.0. The lowest BCUT2D eigenvalue weighted by Gasteiger charge is -2.19. The van der Waals surface area contributed by atoms with Crippen molar-refractivity contribution in [2.24, 2.45) is 0 Å². The zero-order valence-corrected chi connectivity index (χ0v) is 16.1. The van der Waals surface area contributed by atoms with Gasteiger partial charge in [0.1, 0.15) is 6.10 Å². The lowest BCUT2D eigenvalue weighted by Crippen LogP contribution is -2.27. The minimum absolute atomic E-state index is 0.0263. The van der Waals surface area contributed by atoms with Gasteiger partial charge in [0.2, 0.25) is 5.88 Å². The molecule has 5 heteroatoms. The summed E-state index contributed by atoms with van der Waals surface area (Å²) < 4.78 is 11.4. The number of hydrogen-bond donors (Lipinski definition) is 1. The number of hydrogen-bond acceptors (Lipinski definition) is 4. The van der Waals surface area contributed by atoms with Crippen LogP contribution in [0.2, 0.25) is 0 Å². The first-order chi connectivity index (χ1) is 13.6. The Labute approximate surface area is 164 Å². The van der Waals surface area contributed by atoms with Crippen molar-refractivity contribution in [1.82, 2.24) is 10.3 Å². The van der Waals surface area contributed by atoms with Gasteiger partial charge in [0.15, 0.2) is 0 Å². The Bertz CT molecular complexity index is 996. The van der Waals surface area contributed by atoms with Gasteiger partial charge < -0.3 is 14.8 Å². The standard InChI is InChI=1S/C23H24N2O3/c1-15-7-3-4-8-18(15)23(26)24-16(2)20-13-22(28-17-11-12-27-14-17)25-21-10-6-5-9-19(20)21/h3-10,13,16-17H,11-12,14H2,1-2H3,(H,24,26)/t16-,17?/m1/s1. The molecule has 2 aromatic carbocycles. The maximum atomic E-state index is 12.8. The summed E-state index contributed by atoms with van der Waals surface area (Å²) >= 11 is 0. The highest BCUT2D eigenvalue weighted by atomic mass is 16.5. The number of carbonyl (C=O) groups excluding carboxylic acids is 1. The third-order valence-electron chi connectivity index (χ3n) is 5.10. The molecule has 5 nitrogen and oxygen atoms in total. The van der Waals surface area contributed by atoms with Crippen molar-refractivity contribution in [3.05, 3.63) is 71.3 Å². The number of benzene rings is 2. The molecule has 1 amide bonds. The number of fused-ring (bicyclic) bond motifs is 1. The molecule has 1 fully saturated rings. The maximum Gasteiger partial charge on any atom is 0.252 e. The Morgan fingerprint density at radius 3 is 2.79 bits per heavy atom. The molecule has 2 heterocycles. The van der Waals surface area contributed by atoms with E-state index in [1.165, 1.54) is 0 Å². The molecule has 1 aromatic heterocycles. The van der Waals surface area contributed by atoms with Gasteiger partial charge in [-0.3, -0.25) is 4.79 Å². The molecular weight excluding hydrogens is 352 g/mol. The van der Waals surface area contributed by atoms with Crippen LogP contribution in [0.4, 0.5) is 0 Å². The Balaban J connectivity index is 1.64. The maximum absolute atomic E-state index is 12.8. The van der Waals surface area contributed by atoms with Crippen LogP contribution in [0.15, 0.2) is 54.6 Å². The van der Waals surface area contributed by atoms with Gasteiger partial charge in [-0.25, -0.2) is 4.98 Å². The number of aromatic nitrogens is 1. The molecule has 144 valence electrons. The van der Waals surface area contributed by atoms with Crippen LogP contribution in [0.5, 0.6) is 5.88 Å². The Hall–Kier alpha value is -2.92. The zero-order valence-electron chi connectivity index (χ0n) is 16.1. The van der Waals surface area contributed by atoms with E-state index in [1.807, 2.05) is 68.4 Å². The highest BCUT2D eigenvalue weighted by molar-refractivity contribution is 5.96. The quantitative estimate of drug-likeness (QED) is 0.725. The van der Waals surface area contributed by atoms with E-state index >= 15 is 0 Å². The van der Waals surface area contributed by atoms with Gasteiger partial charge >= 0.3 is 0 Å². The Kier molecular flexibility index (Phi) is 5.26. The molecule has 4 rings (SSSR count). The van der Waals surface area contributed by atoms with E-state index in [0.717, 1.165) is 28.5 Å². The molecular formula is C23H24N2O3. The van der Waals surface area contributed by atoms with Crippen molar-refractivity contribution in [2.45, 2.75) is 32.4 Å². The van der Waals surface area contributed by atoms with Crippen molar-refractivity contribution in [3.63, 3.8) is 0 Å². The van der Waals surface area contributed by atoms with Crippen LogP contribution < -0.4 is 10.1 Å². The molecule has 1 unspecified atom stereocenters. The molecule has 1 N–H and O–H groups in total. The van der Waals surface area contributed by atoms with Gasteiger partial charge in [-0.05, 0) is 37.1 Å². The van der Waals surface area contributed by atoms with Gasteiger partial charge in [0, 0.05) is 23.4 Å². The third kappa shape index (κ3) is 3.85. The number of amides is 1. The van der Waals surface area contributed by atoms with Crippen molar-refractivity contribution >= 4 is 16.8 Å². The second-order valence-corrected chi connectivity index (χ2v) is 7.18. The van der Waals surface area contributed by atoms with Crippen LogP contribution in [0.3, 0.4) is 0 Å². The van der Waals surface area contributed by atoms with Crippen molar-refractivity contribution < 1.29 is 14.3 Å². The number of ether oxygens (including phenoxy) is 2. The van der Waals surface area contributed by atoms with Crippen LogP contribution in [0.1, 0.15) is 40.9 Å². The van der Waals surface area contributed by atoms with Gasteiger partial charge in [-0.15, -0.1) is 0 Å². The summed E-state index contributed by atoms with van der Waals surface area (Å²) in [5.74, 6) is 0.486. The third-order valence-corrected chi connectivity index (χ3v) is 5.10. The second kappa shape index (κ2) is 7.98. The number of para-hydroxylation sites is 1. The molecule has 1 aliphatic heterocycles. The van der Waals surface area contributed by atoms with Gasteiger partial charge in [-0.2, -0.15) is 0 Å². The number of nitrogens with one attached hydrogen (secondary N) is 1. The minimum Gasteiger partial charge on any atom is -0.472 e. The Morgan fingerprint density at radius 1 is 1.21 bits per heavy atom. The molecule has 0 saturated carbocycles. The van der Waals surface area contributed by atoms with Crippen molar-refractivity contribution in [2.75, 3.05) is 13.2 Å².